The molecule has 6 heteroatoms. The standard InChI is InChI=1S/C28H32N4O2/c1-5-6-12-22-26-24(16-28(2,3)17-25(26)33)32(30-22)23-14-13-20(15-21(23)29)27(34)31(4)18-19-10-8-7-9-11-19/h5,7-11,13-15H,1,6,12,16-18,29H2,2-4H3. The molecule has 6 nitrogen and oxygen atoms in total. The molecule has 1 aliphatic carbocycles. The van der Waals surface area contributed by atoms with Crippen LogP contribution in [0.1, 0.15) is 64.4 Å². The zero-order valence-corrected chi connectivity index (χ0v) is 20.2. The lowest BCUT2D eigenvalue weighted by molar-refractivity contribution is 0.0784. The van der Waals surface area contributed by atoms with Gasteiger partial charge in [0.2, 0.25) is 0 Å². The summed E-state index contributed by atoms with van der Waals surface area (Å²) in [6.45, 7) is 8.51. The van der Waals surface area contributed by atoms with E-state index in [9.17, 15) is 9.59 Å². The number of nitrogens with two attached hydrogens (primary N) is 1. The summed E-state index contributed by atoms with van der Waals surface area (Å²) in [5.74, 6) is 0.0250. The fourth-order valence-electron chi connectivity index (χ4n) is 4.67. The molecule has 0 bridgehead atoms. The predicted octanol–water partition coefficient (Wildman–Crippen LogP) is 5.00. The number of nitrogen functional groups attached to an aromatic ring is 1. The van der Waals surface area contributed by atoms with E-state index in [2.05, 4.69) is 20.4 Å². The lowest BCUT2D eigenvalue weighted by atomic mass is 9.75. The third-order valence-electron chi connectivity index (χ3n) is 6.31. The molecule has 2 aromatic carbocycles. The van der Waals surface area contributed by atoms with E-state index >= 15 is 0 Å². The number of hydrogen-bond donors (Lipinski definition) is 1. The molecule has 0 spiro atoms. The van der Waals surface area contributed by atoms with Gasteiger partial charge < -0.3 is 10.6 Å². The van der Waals surface area contributed by atoms with E-state index in [-0.39, 0.29) is 17.1 Å². The minimum absolute atomic E-state index is 0.104. The second kappa shape index (κ2) is 9.29. The van der Waals surface area contributed by atoms with Gasteiger partial charge in [-0.3, -0.25) is 9.59 Å². The molecule has 1 aromatic heterocycles. The zero-order valence-electron chi connectivity index (χ0n) is 20.2. The number of fused-ring (bicyclic) bond motifs is 1. The number of aromatic nitrogens is 2. The molecule has 0 atom stereocenters. The molecule has 0 saturated heterocycles. The van der Waals surface area contributed by atoms with E-state index in [0.29, 0.717) is 36.3 Å². The summed E-state index contributed by atoms with van der Waals surface area (Å²) in [7, 11) is 1.78. The Bertz CT molecular complexity index is 1240. The summed E-state index contributed by atoms with van der Waals surface area (Å²) in [6.07, 6.45) is 4.48. The minimum atomic E-state index is -0.150. The lowest BCUT2D eigenvalue weighted by Gasteiger charge is -2.29. The molecule has 34 heavy (non-hydrogen) atoms. The Hall–Kier alpha value is -3.67. The fourth-order valence-corrected chi connectivity index (χ4v) is 4.67. The van der Waals surface area contributed by atoms with Crippen LogP contribution in [0.3, 0.4) is 0 Å². The highest BCUT2D eigenvalue weighted by molar-refractivity contribution is 6.00. The Morgan fingerprint density at radius 3 is 2.62 bits per heavy atom. The van der Waals surface area contributed by atoms with Crippen molar-refractivity contribution in [3.8, 4) is 5.69 Å². The maximum absolute atomic E-state index is 13.0. The van der Waals surface area contributed by atoms with Gasteiger partial charge in [0.05, 0.1) is 28.3 Å². The molecule has 0 fully saturated rings. The van der Waals surface area contributed by atoms with Crippen LogP contribution in [0.25, 0.3) is 5.69 Å². The van der Waals surface area contributed by atoms with Gasteiger partial charge in [0.25, 0.3) is 5.91 Å². The molecular formula is C28H32N4O2. The van der Waals surface area contributed by atoms with E-state index in [1.807, 2.05) is 47.2 Å². The van der Waals surface area contributed by atoms with Gasteiger partial charge in [-0.1, -0.05) is 50.3 Å². The average Bonchev–Trinajstić information content (AvgIpc) is 3.14. The van der Waals surface area contributed by atoms with Crippen molar-refractivity contribution in [3.63, 3.8) is 0 Å². The molecule has 0 unspecified atom stereocenters. The van der Waals surface area contributed by atoms with Gasteiger partial charge in [-0.2, -0.15) is 5.10 Å². The van der Waals surface area contributed by atoms with Crippen molar-refractivity contribution in [2.45, 2.75) is 46.1 Å². The van der Waals surface area contributed by atoms with Crippen molar-refractivity contribution in [1.29, 1.82) is 0 Å². The van der Waals surface area contributed by atoms with Crippen LogP contribution < -0.4 is 5.73 Å². The Labute approximate surface area is 201 Å². The number of carbonyl (C=O) groups excluding carboxylic acids is 2. The first-order chi connectivity index (χ1) is 16.2. The fraction of sp³-hybridized carbons (Fsp3) is 0.321. The van der Waals surface area contributed by atoms with E-state index in [1.54, 1.807) is 24.1 Å². The molecule has 1 heterocycles. The highest BCUT2D eigenvalue weighted by Crippen LogP contribution is 2.38. The van der Waals surface area contributed by atoms with Crippen molar-refractivity contribution < 1.29 is 9.59 Å². The van der Waals surface area contributed by atoms with Crippen LogP contribution in [-0.4, -0.2) is 33.4 Å². The highest BCUT2D eigenvalue weighted by Gasteiger charge is 2.36. The van der Waals surface area contributed by atoms with Crippen LogP contribution in [0, 0.1) is 5.41 Å². The van der Waals surface area contributed by atoms with Crippen LogP contribution in [0.5, 0.6) is 0 Å². The molecule has 0 radical (unpaired) electrons. The van der Waals surface area contributed by atoms with Crippen LogP contribution in [0.15, 0.2) is 61.2 Å². The van der Waals surface area contributed by atoms with Gasteiger partial charge in [0.1, 0.15) is 0 Å². The number of amides is 1. The molecule has 0 aliphatic heterocycles. The van der Waals surface area contributed by atoms with Gasteiger partial charge >= 0.3 is 0 Å². The summed E-state index contributed by atoms with van der Waals surface area (Å²) >= 11 is 0. The summed E-state index contributed by atoms with van der Waals surface area (Å²) in [4.78, 5) is 27.7. The first-order valence-electron chi connectivity index (χ1n) is 11.6. The number of anilines is 1. The van der Waals surface area contributed by atoms with Gasteiger partial charge in [0.15, 0.2) is 5.78 Å². The van der Waals surface area contributed by atoms with Crippen LogP contribution in [0.2, 0.25) is 0 Å². The third-order valence-corrected chi connectivity index (χ3v) is 6.31. The van der Waals surface area contributed by atoms with Crippen LogP contribution >= 0.6 is 0 Å². The smallest absolute Gasteiger partial charge is 0.253 e. The predicted molar refractivity (Wildman–Crippen MR) is 135 cm³/mol. The highest BCUT2D eigenvalue weighted by atomic mass is 16.2. The van der Waals surface area contributed by atoms with Gasteiger partial charge in [-0.15, -0.1) is 6.58 Å². The summed E-state index contributed by atoms with van der Waals surface area (Å²) in [6, 6.07) is 15.2. The number of rotatable bonds is 7. The van der Waals surface area contributed by atoms with E-state index < -0.39 is 0 Å². The maximum atomic E-state index is 13.0. The topological polar surface area (TPSA) is 81.2 Å². The van der Waals surface area contributed by atoms with Crippen LogP contribution in [0.4, 0.5) is 5.69 Å². The molecular weight excluding hydrogens is 424 g/mol. The Morgan fingerprint density at radius 2 is 1.94 bits per heavy atom. The Kier molecular flexibility index (Phi) is 6.42. The van der Waals surface area contributed by atoms with Gasteiger partial charge in [0, 0.05) is 25.6 Å². The number of nitrogens with zero attached hydrogens (tertiary/aromatic N) is 3. The molecule has 1 amide bonds. The number of carbonyl (C=O) groups is 2. The number of hydrogen-bond acceptors (Lipinski definition) is 4. The Morgan fingerprint density at radius 1 is 1.21 bits per heavy atom. The first kappa shape index (κ1) is 23.5. The van der Waals surface area contributed by atoms with Crippen molar-refractivity contribution in [2.75, 3.05) is 12.8 Å². The summed E-state index contributed by atoms with van der Waals surface area (Å²) < 4.78 is 1.81. The normalized spacial score (nSPS) is 14.5. The molecule has 176 valence electrons. The average molecular weight is 457 g/mol. The number of Topliss-reactive ketones (excluding diaryl/α,β-unsaturated/α-hetero) is 1. The van der Waals surface area contributed by atoms with Crippen molar-refractivity contribution in [3.05, 3.63) is 89.3 Å². The largest absolute Gasteiger partial charge is 0.397 e. The SMILES string of the molecule is C=CCCc1nn(-c2ccc(C(=O)N(C)Cc3ccccc3)cc2N)c2c1C(=O)CC(C)(C)C2. The van der Waals surface area contributed by atoms with E-state index in [4.69, 9.17) is 10.8 Å². The van der Waals surface area contributed by atoms with Crippen molar-refractivity contribution in [2.24, 2.45) is 5.41 Å². The monoisotopic (exact) mass is 456 g/mol. The number of ketones is 1. The van der Waals surface area contributed by atoms with Gasteiger partial charge in [-0.25, -0.2) is 4.68 Å². The minimum Gasteiger partial charge on any atom is -0.397 e. The number of aryl methyl sites for hydroxylation is 1. The second-order valence-electron chi connectivity index (χ2n) is 9.87. The lowest BCUT2D eigenvalue weighted by Crippen LogP contribution is -2.28. The van der Waals surface area contributed by atoms with Gasteiger partial charge in [-0.05, 0) is 48.4 Å². The molecule has 1 aliphatic rings. The zero-order chi connectivity index (χ0) is 24.5. The maximum Gasteiger partial charge on any atom is 0.253 e. The third kappa shape index (κ3) is 4.67. The van der Waals surface area contributed by atoms with Crippen molar-refractivity contribution in [1.82, 2.24) is 14.7 Å². The second-order valence-corrected chi connectivity index (χ2v) is 9.87. The van der Waals surface area contributed by atoms with Crippen LogP contribution in [-0.2, 0) is 19.4 Å². The molecule has 3 aromatic rings. The van der Waals surface area contributed by atoms with E-state index in [0.717, 1.165) is 35.4 Å². The first-order valence-corrected chi connectivity index (χ1v) is 11.6. The summed E-state index contributed by atoms with van der Waals surface area (Å²) in [5, 5.41) is 4.81. The summed E-state index contributed by atoms with van der Waals surface area (Å²) in [5.41, 5.74) is 11.4. The molecule has 4 rings (SSSR count). The quantitative estimate of drug-likeness (QED) is 0.401. The van der Waals surface area contributed by atoms with E-state index in [1.165, 1.54) is 0 Å². The Balaban J connectivity index is 1.67. The molecule has 0 saturated carbocycles. The number of benzene rings is 2. The van der Waals surface area contributed by atoms with Crippen molar-refractivity contribution >= 4 is 17.4 Å². The number of allylic oxidation sites excluding steroid dienone is 1. The molecule has 2 N–H and O–H groups in total.